The van der Waals surface area contributed by atoms with Gasteiger partial charge in [-0.15, -0.1) is 0 Å². The Morgan fingerprint density at radius 2 is 2.54 bits per heavy atom. The Morgan fingerprint density at radius 3 is 3.08 bits per heavy atom. The first-order chi connectivity index (χ1) is 6.25. The van der Waals surface area contributed by atoms with E-state index in [-0.39, 0.29) is 0 Å². The largest absolute Gasteiger partial charge is 0.385 e. The molecule has 4 nitrogen and oxygen atoms in total. The zero-order valence-electron chi connectivity index (χ0n) is 7.77. The molecular weight excluding hydrogens is 166 g/mol. The van der Waals surface area contributed by atoms with Crippen LogP contribution >= 0.6 is 0 Å². The highest BCUT2D eigenvalue weighted by Crippen LogP contribution is 2.19. The molecule has 1 aromatic heterocycles. The summed E-state index contributed by atoms with van der Waals surface area (Å²) in [7, 11) is 1.85. The molecule has 1 aliphatic carbocycles. The van der Waals surface area contributed by atoms with E-state index in [1.54, 1.807) is 4.68 Å². The van der Waals surface area contributed by atoms with Crippen molar-refractivity contribution in [1.82, 2.24) is 15.1 Å². The van der Waals surface area contributed by atoms with Crippen molar-refractivity contribution in [3.8, 4) is 0 Å². The van der Waals surface area contributed by atoms with Crippen LogP contribution in [-0.4, -0.2) is 27.5 Å². The first kappa shape index (κ1) is 8.72. The lowest BCUT2D eigenvalue weighted by molar-refractivity contribution is 0.168. The van der Waals surface area contributed by atoms with Gasteiger partial charge in [0.25, 0.3) is 0 Å². The molecule has 1 unspecified atom stereocenters. The Morgan fingerprint density at radius 1 is 1.77 bits per heavy atom. The molecule has 0 aromatic carbocycles. The van der Waals surface area contributed by atoms with Gasteiger partial charge >= 0.3 is 0 Å². The monoisotopic (exact) mass is 181 g/mol. The highest BCUT2D eigenvalue weighted by Gasteiger charge is 2.22. The van der Waals surface area contributed by atoms with Crippen molar-refractivity contribution in [2.45, 2.75) is 25.0 Å². The molecule has 1 aliphatic rings. The van der Waals surface area contributed by atoms with E-state index in [0.717, 1.165) is 5.69 Å². The molecule has 0 radical (unpaired) electrons. The molecule has 13 heavy (non-hydrogen) atoms. The third kappa shape index (κ3) is 2.29. The Labute approximate surface area is 77.6 Å². The molecule has 1 heterocycles. The van der Waals surface area contributed by atoms with Gasteiger partial charge in [0.15, 0.2) is 0 Å². The number of nitrogens with zero attached hydrogens (tertiary/aromatic N) is 2. The summed E-state index contributed by atoms with van der Waals surface area (Å²) in [6.07, 6.45) is 3.86. The van der Waals surface area contributed by atoms with Crippen LogP contribution in [0.25, 0.3) is 0 Å². The third-order valence-electron chi connectivity index (χ3n) is 2.25. The number of rotatable bonds is 4. The average molecular weight is 181 g/mol. The molecule has 72 valence electrons. The maximum absolute atomic E-state index is 9.67. The van der Waals surface area contributed by atoms with Crippen molar-refractivity contribution in [3.63, 3.8) is 0 Å². The predicted octanol–water partition coefficient (Wildman–Crippen LogP) is 0.205. The first-order valence-electron chi connectivity index (χ1n) is 4.66. The minimum absolute atomic E-state index is 0.471. The summed E-state index contributed by atoms with van der Waals surface area (Å²) in [4.78, 5) is 0. The van der Waals surface area contributed by atoms with Crippen LogP contribution in [0.3, 0.4) is 0 Å². The summed E-state index contributed by atoms with van der Waals surface area (Å²) < 4.78 is 1.70. The molecule has 1 fully saturated rings. The van der Waals surface area contributed by atoms with E-state index in [1.165, 1.54) is 12.8 Å². The van der Waals surface area contributed by atoms with E-state index < -0.39 is 6.10 Å². The molecule has 0 saturated heterocycles. The van der Waals surface area contributed by atoms with Crippen molar-refractivity contribution in [2.75, 3.05) is 6.54 Å². The third-order valence-corrected chi connectivity index (χ3v) is 2.25. The smallest absolute Gasteiger partial charge is 0.110 e. The Balaban J connectivity index is 1.84. The van der Waals surface area contributed by atoms with E-state index in [0.29, 0.717) is 12.6 Å². The summed E-state index contributed by atoms with van der Waals surface area (Å²) in [6, 6.07) is 2.48. The van der Waals surface area contributed by atoms with Gasteiger partial charge in [-0.25, -0.2) is 0 Å². The molecule has 0 spiro atoms. The van der Waals surface area contributed by atoms with E-state index in [2.05, 4.69) is 10.4 Å². The van der Waals surface area contributed by atoms with Gasteiger partial charge in [-0.1, -0.05) is 0 Å². The number of aryl methyl sites for hydroxylation is 1. The molecule has 1 saturated carbocycles. The Kier molecular flexibility index (Phi) is 2.33. The molecule has 0 aliphatic heterocycles. The van der Waals surface area contributed by atoms with Gasteiger partial charge in [0.05, 0.1) is 5.69 Å². The lowest BCUT2D eigenvalue weighted by atomic mass is 10.2. The van der Waals surface area contributed by atoms with Crippen LogP contribution in [0.2, 0.25) is 0 Å². The standard InChI is InChI=1S/C9H15N3O/c1-12-5-4-8(11-12)9(13)6-10-7-2-3-7/h4-5,7,9-10,13H,2-3,6H2,1H3. The van der Waals surface area contributed by atoms with Gasteiger partial charge in [-0.3, -0.25) is 4.68 Å². The molecular formula is C9H15N3O. The normalized spacial score (nSPS) is 18.9. The van der Waals surface area contributed by atoms with Crippen molar-refractivity contribution in [2.24, 2.45) is 7.05 Å². The number of aliphatic hydroxyl groups excluding tert-OH is 1. The van der Waals surface area contributed by atoms with Crippen LogP contribution in [0.5, 0.6) is 0 Å². The highest BCUT2D eigenvalue weighted by atomic mass is 16.3. The van der Waals surface area contributed by atoms with E-state index in [4.69, 9.17) is 0 Å². The fourth-order valence-electron chi connectivity index (χ4n) is 1.28. The predicted molar refractivity (Wildman–Crippen MR) is 49.2 cm³/mol. The topological polar surface area (TPSA) is 50.1 Å². The van der Waals surface area contributed by atoms with Crippen molar-refractivity contribution >= 4 is 0 Å². The molecule has 2 rings (SSSR count). The fourth-order valence-corrected chi connectivity index (χ4v) is 1.28. The molecule has 2 N–H and O–H groups in total. The second-order valence-electron chi connectivity index (χ2n) is 3.61. The van der Waals surface area contributed by atoms with Crippen molar-refractivity contribution in [1.29, 1.82) is 0 Å². The zero-order chi connectivity index (χ0) is 9.26. The maximum Gasteiger partial charge on any atom is 0.110 e. The van der Waals surface area contributed by atoms with Gasteiger partial charge in [0.2, 0.25) is 0 Å². The van der Waals surface area contributed by atoms with E-state index >= 15 is 0 Å². The zero-order valence-corrected chi connectivity index (χ0v) is 7.77. The lowest BCUT2D eigenvalue weighted by Crippen LogP contribution is -2.23. The summed E-state index contributed by atoms with van der Waals surface area (Å²) in [5, 5.41) is 17.1. The number of aromatic nitrogens is 2. The highest BCUT2D eigenvalue weighted by molar-refractivity contribution is 5.03. The molecule has 0 bridgehead atoms. The minimum Gasteiger partial charge on any atom is -0.385 e. The quantitative estimate of drug-likeness (QED) is 0.698. The fraction of sp³-hybridized carbons (Fsp3) is 0.667. The summed E-state index contributed by atoms with van der Waals surface area (Å²) in [6.45, 7) is 0.613. The van der Waals surface area contributed by atoms with Crippen LogP contribution in [0.4, 0.5) is 0 Å². The van der Waals surface area contributed by atoms with Gasteiger partial charge in [-0.05, 0) is 18.9 Å². The molecule has 4 heteroatoms. The molecule has 1 atom stereocenters. The van der Waals surface area contributed by atoms with Gasteiger partial charge in [0.1, 0.15) is 6.10 Å². The second-order valence-corrected chi connectivity index (χ2v) is 3.61. The number of aliphatic hydroxyl groups is 1. The summed E-state index contributed by atoms with van der Waals surface area (Å²) >= 11 is 0. The van der Waals surface area contributed by atoms with Gasteiger partial charge in [0, 0.05) is 25.8 Å². The number of nitrogens with one attached hydrogen (secondary N) is 1. The molecule has 0 amide bonds. The van der Waals surface area contributed by atoms with Crippen molar-refractivity contribution in [3.05, 3.63) is 18.0 Å². The van der Waals surface area contributed by atoms with E-state index in [1.807, 2.05) is 19.3 Å². The van der Waals surface area contributed by atoms with Crippen LogP contribution in [0, 0.1) is 0 Å². The molecule has 1 aromatic rings. The van der Waals surface area contributed by atoms with Crippen LogP contribution < -0.4 is 5.32 Å². The Bertz CT molecular complexity index is 280. The van der Waals surface area contributed by atoms with E-state index in [9.17, 15) is 5.11 Å². The SMILES string of the molecule is Cn1ccc(C(O)CNC2CC2)n1. The first-order valence-corrected chi connectivity index (χ1v) is 4.66. The number of hydrogen-bond acceptors (Lipinski definition) is 3. The number of hydrogen-bond donors (Lipinski definition) is 2. The average Bonchev–Trinajstić information content (AvgIpc) is 2.84. The van der Waals surface area contributed by atoms with Crippen molar-refractivity contribution < 1.29 is 5.11 Å². The van der Waals surface area contributed by atoms with Crippen LogP contribution in [-0.2, 0) is 7.05 Å². The lowest BCUT2D eigenvalue weighted by Gasteiger charge is -2.07. The minimum atomic E-state index is -0.471. The second kappa shape index (κ2) is 3.47. The summed E-state index contributed by atoms with van der Waals surface area (Å²) in [5.41, 5.74) is 0.746. The van der Waals surface area contributed by atoms with Crippen LogP contribution in [0.1, 0.15) is 24.6 Å². The summed E-state index contributed by atoms with van der Waals surface area (Å²) in [5.74, 6) is 0. The Hall–Kier alpha value is -0.870. The van der Waals surface area contributed by atoms with Gasteiger partial charge < -0.3 is 10.4 Å². The van der Waals surface area contributed by atoms with Crippen LogP contribution in [0.15, 0.2) is 12.3 Å². The maximum atomic E-state index is 9.67. The van der Waals surface area contributed by atoms with Gasteiger partial charge in [-0.2, -0.15) is 5.10 Å².